The topological polar surface area (TPSA) is 69.4 Å². The Bertz CT molecular complexity index is 472. The van der Waals surface area contributed by atoms with E-state index in [2.05, 4.69) is 23.4 Å². The lowest BCUT2D eigenvalue weighted by atomic mass is 10.1. The minimum atomic E-state index is 0.657. The average Bonchev–Trinajstić information content (AvgIpc) is 2.43. The van der Waals surface area contributed by atoms with E-state index in [0.717, 1.165) is 22.9 Å². The number of hydrogen-bond donors (Lipinski definition) is 2. The summed E-state index contributed by atoms with van der Waals surface area (Å²) in [5.74, 6) is 7.52. The molecule has 0 saturated carbocycles. The number of pyridine rings is 1. The minimum absolute atomic E-state index is 0.657. The van der Waals surface area contributed by atoms with Gasteiger partial charge >= 0.3 is 0 Å². The van der Waals surface area contributed by atoms with Crippen LogP contribution in [0.5, 0.6) is 11.5 Å². The molecule has 0 saturated heterocycles. The maximum atomic E-state index is 5.48. The zero-order chi connectivity index (χ0) is 13.1. The van der Waals surface area contributed by atoms with Gasteiger partial charge in [0, 0.05) is 11.5 Å². The summed E-state index contributed by atoms with van der Waals surface area (Å²) in [5, 5.41) is 1.00. The van der Waals surface area contributed by atoms with Crippen molar-refractivity contribution in [1.29, 1.82) is 0 Å². The van der Waals surface area contributed by atoms with E-state index >= 15 is 0 Å². The molecular formula is C13H17N3O2. The Labute approximate surface area is 106 Å². The van der Waals surface area contributed by atoms with Crippen molar-refractivity contribution in [3.8, 4) is 11.5 Å². The Morgan fingerprint density at radius 2 is 1.83 bits per heavy atom. The van der Waals surface area contributed by atoms with Gasteiger partial charge in [0.1, 0.15) is 5.82 Å². The molecule has 2 aromatic rings. The minimum Gasteiger partial charge on any atom is -0.493 e. The molecular weight excluding hydrogens is 230 g/mol. The number of aromatic nitrogens is 1. The van der Waals surface area contributed by atoms with Crippen molar-refractivity contribution in [1.82, 2.24) is 4.98 Å². The van der Waals surface area contributed by atoms with Crippen LogP contribution in [-0.4, -0.2) is 19.2 Å². The molecule has 5 heteroatoms. The van der Waals surface area contributed by atoms with Crippen LogP contribution in [0.1, 0.15) is 12.5 Å². The molecule has 0 radical (unpaired) electrons. The van der Waals surface area contributed by atoms with Gasteiger partial charge in [-0.05, 0) is 24.1 Å². The van der Waals surface area contributed by atoms with E-state index in [4.69, 9.17) is 15.3 Å². The molecule has 1 heterocycles. The fraction of sp³-hybridized carbons (Fsp3) is 0.308. The molecule has 1 aromatic carbocycles. The Morgan fingerprint density at radius 3 is 2.39 bits per heavy atom. The van der Waals surface area contributed by atoms with Crippen molar-refractivity contribution in [2.75, 3.05) is 19.6 Å². The Kier molecular flexibility index (Phi) is 3.53. The fourth-order valence-corrected chi connectivity index (χ4v) is 1.94. The molecule has 96 valence electrons. The summed E-state index contributed by atoms with van der Waals surface area (Å²) in [6.07, 6.45) is 0.858. The first-order chi connectivity index (χ1) is 8.73. The van der Waals surface area contributed by atoms with Gasteiger partial charge in [0.25, 0.3) is 0 Å². The van der Waals surface area contributed by atoms with Crippen molar-refractivity contribution in [2.24, 2.45) is 5.84 Å². The lowest BCUT2D eigenvalue weighted by Gasteiger charge is -2.12. The van der Waals surface area contributed by atoms with Crippen molar-refractivity contribution in [3.63, 3.8) is 0 Å². The van der Waals surface area contributed by atoms with Crippen LogP contribution >= 0.6 is 0 Å². The van der Waals surface area contributed by atoms with E-state index in [1.807, 2.05) is 12.1 Å². The summed E-state index contributed by atoms with van der Waals surface area (Å²) in [4.78, 5) is 4.48. The second-order valence-corrected chi connectivity index (χ2v) is 3.89. The van der Waals surface area contributed by atoms with Crippen LogP contribution in [0.25, 0.3) is 10.9 Å². The zero-order valence-electron chi connectivity index (χ0n) is 10.8. The molecule has 2 rings (SSSR count). The van der Waals surface area contributed by atoms with Crippen LogP contribution in [0.3, 0.4) is 0 Å². The number of hydrazine groups is 1. The monoisotopic (exact) mass is 247 g/mol. The molecule has 18 heavy (non-hydrogen) atoms. The molecule has 0 atom stereocenters. The number of rotatable bonds is 4. The number of nitrogens with one attached hydrogen (secondary N) is 1. The molecule has 5 nitrogen and oxygen atoms in total. The molecule has 0 aliphatic heterocycles. The summed E-state index contributed by atoms with van der Waals surface area (Å²) < 4.78 is 10.5. The van der Waals surface area contributed by atoms with E-state index in [9.17, 15) is 0 Å². The van der Waals surface area contributed by atoms with Crippen molar-refractivity contribution >= 4 is 16.7 Å². The van der Waals surface area contributed by atoms with E-state index in [0.29, 0.717) is 17.3 Å². The molecule has 1 aromatic heterocycles. The molecule has 0 spiro atoms. The molecule has 0 bridgehead atoms. The number of methoxy groups -OCH3 is 2. The number of aryl methyl sites for hydroxylation is 1. The standard InChI is InChI=1S/C13H17N3O2/c1-4-8-5-9-6-11(17-2)12(18-3)7-10(9)15-13(8)16-14/h5-7H,4,14H2,1-3H3,(H,15,16). The molecule has 0 aliphatic carbocycles. The molecule has 3 N–H and O–H groups in total. The van der Waals surface area contributed by atoms with Gasteiger partial charge in [-0.2, -0.15) is 0 Å². The maximum absolute atomic E-state index is 5.48. The van der Waals surface area contributed by atoms with E-state index in [-0.39, 0.29) is 0 Å². The van der Waals surface area contributed by atoms with E-state index < -0.39 is 0 Å². The molecule has 0 aliphatic rings. The quantitative estimate of drug-likeness (QED) is 0.639. The van der Waals surface area contributed by atoms with Crippen LogP contribution in [0, 0.1) is 0 Å². The number of nitrogens with two attached hydrogens (primary N) is 1. The average molecular weight is 247 g/mol. The first-order valence-electron chi connectivity index (χ1n) is 5.75. The van der Waals surface area contributed by atoms with Crippen molar-refractivity contribution < 1.29 is 9.47 Å². The SMILES string of the molecule is CCc1cc2cc(OC)c(OC)cc2nc1NN. The Hall–Kier alpha value is -2.01. The third-order valence-electron chi connectivity index (χ3n) is 2.92. The molecule has 0 amide bonds. The largest absolute Gasteiger partial charge is 0.493 e. The number of hydrogen-bond acceptors (Lipinski definition) is 5. The summed E-state index contributed by atoms with van der Waals surface area (Å²) in [5.41, 5.74) is 4.51. The number of fused-ring (bicyclic) bond motifs is 1. The fourth-order valence-electron chi connectivity index (χ4n) is 1.94. The lowest BCUT2D eigenvalue weighted by Crippen LogP contribution is -2.11. The maximum Gasteiger partial charge on any atom is 0.162 e. The van der Waals surface area contributed by atoms with Gasteiger partial charge in [0.05, 0.1) is 19.7 Å². The smallest absolute Gasteiger partial charge is 0.162 e. The lowest BCUT2D eigenvalue weighted by molar-refractivity contribution is 0.356. The number of nitrogens with zero attached hydrogens (tertiary/aromatic N) is 1. The summed E-state index contributed by atoms with van der Waals surface area (Å²) in [6, 6.07) is 5.81. The van der Waals surface area contributed by atoms with Gasteiger partial charge in [-0.25, -0.2) is 10.8 Å². The zero-order valence-corrected chi connectivity index (χ0v) is 10.8. The van der Waals surface area contributed by atoms with Crippen LogP contribution in [0.4, 0.5) is 5.82 Å². The van der Waals surface area contributed by atoms with Crippen molar-refractivity contribution in [3.05, 3.63) is 23.8 Å². The van der Waals surface area contributed by atoms with E-state index in [1.54, 1.807) is 14.2 Å². The third kappa shape index (κ3) is 2.04. The highest BCUT2D eigenvalue weighted by atomic mass is 16.5. The normalized spacial score (nSPS) is 10.4. The number of anilines is 1. The molecule has 0 fully saturated rings. The second kappa shape index (κ2) is 5.10. The van der Waals surface area contributed by atoms with Gasteiger partial charge in [0.15, 0.2) is 11.5 Å². The summed E-state index contributed by atoms with van der Waals surface area (Å²) >= 11 is 0. The predicted molar refractivity (Wildman–Crippen MR) is 72.0 cm³/mol. The Balaban J connectivity index is 2.69. The predicted octanol–water partition coefficient (Wildman–Crippen LogP) is 2.10. The highest BCUT2D eigenvalue weighted by Crippen LogP contribution is 2.32. The number of ether oxygens (including phenoxy) is 2. The second-order valence-electron chi connectivity index (χ2n) is 3.89. The van der Waals surface area contributed by atoms with E-state index in [1.165, 1.54) is 0 Å². The first kappa shape index (κ1) is 12.4. The van der Waals surface area contributed by atoms with Crippen LogP contribution < -0.4 is 20.7 Å². The van der Waals surface area contributed by atoms with Crippen LogP contribution in [-0.2, 0) is 6.42 Å². The highest BCUT2D eigenvalue weighted by molar-refractivity contribution is 5.85. The number of nitrogen functional groups attached to an aromatic ring is 1. The third-order valence-corrected chi connectivity index (χ3v) is 2.92. The van der Waals surface area contributed by atoms with Gasteiger partial charge in [-0.1, -0.05) is 6.92 Å². The van der Waals surface area contributed by atoms with Gasteiger partial charge < -0.3 is 14.9 Å². The Morgan fingerprint density at radius 1 is 1.17 bits per heavy atom. The highest BCUT2D eigenvalue weighted by Gasteiger charge is 2.10. The van der Waals surface area contributed by atoms with Crippen molar-refractivity contribution in [2.45, 2.75) is 13.3 Å². The van der Waals surface area contributed by atoms with Crippen LogP contribution in [0.2, 0.25) is 0 Å². The first-order valence-corrected chi connectivity index (χ1v) is 5.75. The summed E-state index contributed by atoms with van der Waals surface area (Å²) in [6.45, 7) is 2.06. The van der Waals surface area contributed by atoms with Gasteiger partial charge in [-0.3, -0.25) is 0 Å². The van der Waals surface area contributed by atoms with Crippen LogP contribution in [0.15, 0.2) is 18.2 Å². The van der Waals surface area contributed by atoms with Gasteiger partial charge in [0.2, 0.25) is 0 Å². The molecule has 0 unspecified atom stereocenters. The van der Waals surface area contributed by atoms with Gasteiger partial charge in [-0.15, -0.1) is 0 Å². The number of benzene rings is 1. The summed E-state index contributed by atoms with van der Waals surface area (Å²) in [7, 11) is 3.22.